The van der Waals surface area contributed by atoms with Crippen molar-refractivity contribution >= 4 is 5.96 Å². The Morgan fingerprint density at radius 3 is 2.35 bits per heavy atom. The lowest BCUT2D eigenvalue weighted by Gasteiger charge is -2.39. The second-order valence-corrected chi connectivity index (χ2v) is 6.78. The van der Waals surface area contributed by atoms with E-state index in [0.717, 1.165) is 58.3 Å². The third kappa shape index (κ3) is 6.59. The molecule has 0 aromatic carbocycles. The van der Waals surface area contributed by atoms with Crippen LogP contribution in [0.2, 0.25) is 0 Å². The van der Waals surface area contributed by atoms with Gasteiger partial charge in [-0.2, -0.15) is 13.2 Å². The number of rotatable bonds is 6. The molecule has 0 spiro atoms. The van der Waals surface area contributed by atoms with Crippen LogP contribution in [0.15, 0.2) is 4.99 Å². The molecule has 9 heteroatoms. The minimum atomic E-state index is -4.17. The highest BCUT2D eigenvalue weighted by Gasteiger charge is 2.41. The molecule has 0 aliphatic carbocycles. The number of hydrogen-bond donors (Lipinski definition) is 1. The topological polar surface area (TPSA) is 43.3 Å². The first-order valence-electron chi connectivity index (χ1n) is 9.56. The fourth-order valence-corrected chi connectivity index (χ4v) is 3.26. The molecule has 152 valence electrons. The lowest BCUT2D eigenvalue weighted by molar-refractivity contribution is -0.181. The van der Waals surface area contributed by atoms with Gasteiger partial charge in [0.15, 0.2) is 5.96 Å². The minimum Gasteiger partial charge on any atom is -0.379 e. The van der Waals surface area contributed by atoms with Gasteiger partial charge in [0.05, 0.1) is 13.2 Å². The zero-order valence-corrected chi connectivity index (χ0v) is 15.9. The van der Waals surface area contributed by atoms with Gasteiger partial charge in [-0.3, -0.25) is 14.8 Å². The Balaban J connectivity index is 1.77. The molecule has 0 radical (unpaired) electrons. The van der Waals surface area contributed by atoms with Crippen molar-refractivity contribution in [2.24, 2.45) is 4.99 Å². The molecule has 2 aliphatic rings. The van der Waals surface area contributed by atoms with E-state index in [0.29, 0.717) is 26.2 Å². The molecule has 0 aromatic heterocycles. The van der Waals surface area contributed by atoms with Crippen LogP contribution in [-0.2, 0) is 4.74 Å². The van der Waals surface area contributed by atoms with Gasteiger partial charge in [-0.1, -0.05) is 0 Å². The SMILES string of the molecule is CCNC(=NCCCN1CCOCC1)N1CCN(C(C)C(F)(F)F)CC1. The van der Waals surface area contributed by atoms with Crippen LogP contribution in [0.1, 0.15) is 20.3 Å². The predicted octanol–water partition coefficient (Wildman–Crippen LogP) is 1.24. The molecule has 2 aliphatic heterocycles. The summed E-state index contributed by atoms with van der Waals surface area (Å²) in [5.74, 6) is 0.814. The summed E-state index contributed by atoms with van der Waals surface area (Å²) in [7, 11) is 0. The van der Waals surface area contributed by atoms with Crippen LogP contribution in [0, 0.1) is 0 Å². The molecule has 2 fully saturated rings. The van der Waals surface area contributed by atoms with Crippen LogP contribution < -0.4 is 5.32 Å². The summed E-state index contributed by atoms with van der Waals surface area (Å²) < 4.78 is 43.9. The third-order valence-corrected chi connectivity index (χ3v) is 4.97. The Labute approximate surface area is 154 Å². The van der Waals surface area contributed by atoms with E-state index < -0.39 is 12.2 Å². The first-order valence-corrected chi connectivity index (χ1v) is 9.56. The summed E-state index contributed by atoms with van der Waals surface area (Å²) in [6.07, 6.45) is -3.19. The number of morpholine rings is 1. The van der Waals surface area contributed by atoms with E-state index in [1.165, 1.54) is 11.8 Å². The Hall–Kier alpha value is -1.06. The number of guanidine groups is 1. The van der Waals surface area contributed by atoms with E-state index in [4.69, 9.17) is 4.74 Å². The summed E-state index contributed by atoms with van der Waals surface area (Å²) in [6.45, 7) is 11.2. The molecular weight excluding hydrogens is 347 g/mol. The minimum absolute atomic E-state index is 0.402. The highest BCUT2D eigenvalue weighted by molar-refractivity contribution is 5.80. The van der Waals surface area contributed by atoms with Crippen molar-refractivity contribution in [3.05, 3.63) is 0 Å². The number of piperazine rings is 1. The highest BCUT2D eigenvalue weighted by atomic mass is 19.4. The number of alkyl halides is 3. The maximum Gasteiger partial charge on any atom is 0.403 e. The molecule has 1 N–H and O–H groups in total. The highest BCUT2D eigenvalue weighted by Crippen LogP contribution is 2.25. The Morgan fingerprint density at radius 1 is 1.12 bits per heavy atom. The largest absolute Gasteiger partial charge is 0.403 e. The Morgan fingerprint density at radius 2 is 1.77 bits per heavy atom. The monoisotopic (exact) mass is 379 g/mol. The number of ether oxygens (including phenoxy) is 1. The van der Waals surface area contributed by atoms with Crippen LogP contribution >= 0.6 is 0 Å². The first-order chi connectivity index (χ1) is 12.4. The van der Waals surface area contributed by atoms with Crippen molar-refractivity contribution in [3.63, 3.8) is 0 Å². The second kappa shape index (κ2) is 10.3. The summed E-state index contributed by atoms with van der Waals surface area (Å²) >= 11 is 0. The van der Waals surface area contributed by atoms with Crippen molar-refractivity contribution < 1.29 is 17.9 Å². The van der Waals surface area contributed by atoms with Gasteiger partial charge in [0.1, 0.15) is 6.04 Å². The number of halogens is 3. The van der Waals surface area contributed by atoms with Gasteiger partial charge in [-0.25, -0.2) is 0 Å². The Kier molecular flexibility index (Phi) is 8.43. The molecule has 0 bridgehead atoms. The molecule has 1 atom stereocenters. The van der Waals surface area contributed by atoms with Gasteiger partial charge < -0.3 is 15.0 Å². The molecule has 1 unspecified atom stereocenters. The third-order valence-electron chi connectivity index (χ3n) is 4.97. The van der Waals surface area contributed by atoms with Gasteiger partial charge in [0, 0.05) is 58.9 Å². The second-order valence-electron chi connectivity index (χ2n) is 6.78. The van der Waals surface area contributed by atoms with Gasteiger partial charge >= 0.3 is 6.18 Å². The van der Waals surface area contributed by atoms with Crippen LogP contribution in [-0.4, -0.2) is 105 Å². The van der Waals surface area contributed by atoms with Crippen molar-refractivity contribution in [3.8, 4) is 0 Å². The van der Waals surface area contributed by atoms with Crippen molar-refractivity contribution in [1.29, 1.82) is 0 Å². The average Bonchev–Trinajstić information content (AvgIpc) is 2.64. The maximum atomic E-state index is 12.9. The molecule has 6 nitrogen and oxygen atoms in total. The van der Waals surface area contributed by atoms with Crippen LogP contribution in [0.4, 0.5) is 13.2 Å². The smallest absolute Gasteiger partial charge is 0.379 e. The van der Waals surface area contributed by atoms with Crippen LogP contribution in [0.3, 0.4) is 0 Å². The fourth-order valence-electron chi connectivity index (χ4n) is 3.26. The normalized spacial score (nSPS) is 22.5. The summed E-state index contributed by atoms with van der Waals surface area (Å²) in [6, 6.07) is -1.39. The standard InChI is InChI=1S/C17H32F3N5O/c1-3-21-16(22-5-4-6-23-11-13-26-14-12-23)25-9-7-24(8-10-25)15(2)17(18,19)20/h15H,3-14H2,1-2H3,(H,21,22). The summed E-state index contributed by atoms with van der Waals surface area (Å²) in [4.78, 5) is 10.6. The number of nitrogens with one attached hydrogen (secondary N) is 1. The number of hydrogen-bond acceptors (Lipinski definition) is 4. The van der Waals surface area contributed by atoms with Gasteiger partial charge in [-0.05, 0) is 20.3 Å². The molecule has 0 aromatic rings. The molecule has 0 amide bonds. The first kappa shape index (κ1) is 21.2. The zero-order valence-electron chi connectivity index (χ0n) is 15.9. The van der Waals surface area contributed by atoms with E-state index in [2.05, 4.69) is 20.1 Å². The number of nitrogens with zero attached hydrogens (tertiary/aromatic N) is 4. The van der Waals surface area contributed by atoms with Gasteiger partial charge in [0.25, 0.3) is 0 Å². The van der Waals surface area contributed by atoms with Gasteiger partial charge in [-0.15, -0.1) is 0 Å². The average molecular weight is 379 g/mol. The predicted molar refractivity (Wildman–Crippen MR) is 96.5 cm³/mol. The van der Waals surface area contributed by atoms with Crippen LogP contribution in [0.5, 0.6) is 0 Å². The lowest BCUT2D eigenvalue weighted by atomic mass is 10.2. The van der Waals surface area contributed by atoms with E-state index in [1.807, 2.05) is 6.92 Å². The van der Waals surface area contributed by atoms with E-state index >= 15 is 0 Å². The van der Waals surface area contributed by atoms with E-state index in [9.17, 15) is 13.2 Å². The molecule has 2 rings (SSSR count). The van der Waals surface area contributed by atoms with E-state index in [-0.39, 0.29) is 0 Å². The quantitative estimate of drug-likeness (QED) is 0.427. The molecule has 26 heavy (non-hydrogen) atoms. The fraction of sp³-hybridized carbons (Fsp3) is 0.941. The molecule has 2 heterocycles. The maximum absolute atomic E-state index is 12.9. The summed E-state index contributed by atoms with van der Waals surface area (Å²) in [5, 5.41) is 3.27. The molecular formula is C17H32F3N5O. The van der Waals surface area contributed by atoms with Crippen molar-refractivity contribution in [2.75, 3.05) is 72.1 Å². The summed E-state index contributed by atoms with van der Waals surface area (Å²) in [5.41, 5.74) is 0. The zero-order chi connectivity index (χ0) is 19.0. The van der Waals surface area contributed by atoms with Crippen molar-refractivity contribution in [2.45, 2.75) is 32.5 Å². The van der Waals surface area contributed by atoms with Crippen LogP contribution in [0.25, 0.3) is 0 Å². The molecule has 0 saturated carbocycles. The number of aliphatic imine (C=N–C) groups is 1. The van der Waals surface area contributed by atoms with Crippen molar-refractivity contribution in [1.82, 2.24) is 20.0 Å². The lowest BCUT2D eigenvalue weighted by Crippen LogP contribution is -2.56. The van der Waals surface area contributed by atoms with E-state index in [1.54, 1.807) is 0 Å². The Bertz CT molecular complexity index is 433. The molecule has 2 saturated heterocycles. The van der Waals surface area contributed by atoms with Gasteiger partial charge in [0.2, 0.25) is 0 Å².